The van der Waals surface area contributed by atoms with Gasteiger partial charge in [0.2, 0.25) is 5.96 Å². The zero-order chi connectivity index (χ0) is 27.4. The number of hydrogen-bond donors (Lipinski definition) is 5. The highest BCUT2D eigenvalue weighted by Gasteiger charge is 2.27. The minimum Gasteiger partial charge on any atom is -0.507 e. The monoisotopic (exact) mass is 550 g/mol. The van der Waals surface area contributed by atoms with E-state index in [1.807, 2.05) is 36.1 Å². The SMILES string of the molecule is Cc1cc(Nc2cc(Cl)cc(-c3ccccc3O)c2)ccc1C(=O)NNC1=NC(N2CCOCC2)C(F)=CN1. The van der Waals surface area contributed by atoms with Crippen molar-refractivity contribution in [3.63, 3.8) is 0 Å². The number of morpholine rings is 1. The Morgan fingerprint density at radius 3 is 2.69 bits per heavy atom. The number of anilines is 2. The number of amides is 1. The number of phenols is 1. The number of aromatic hydroxyl groups is 1. The van der Waals surface area contributed by atoms with E-state index in [9.17, 15) is 14.3 Å². The molecule has 1 atom stereocenters. The number of guanidine groups is 1. The van der Waals surface area contributed by atoms with Gasteiger partial charge < -0.3 is 20.5 Å². The molecule has 1 unspecified atom stereocenters. The van der Waals surface area contributed by atoms with Crippen LogP contribution in [0.1, 0.15) is 15.9 Å². The van der Waals surface area contributed by atoms with Crippen LogP contribution >= 0.6 is 11.6 Å². The lowest BCUT2D eigenvalue weighted by Gasteiger charge is -2.33. The average molecular weight is 551 g/mol. The van der Waals surface area contributed by atoms with Crippen molar-refractivity contribution in [1.29, 1.82) is 0 Å². The Morgan fingerprint density at radius 1 is 1.13 bits per heavy atom. The molecule has 3 aromatic rings. The standard InChI is InChI=1S/C28H28ClFN6O3/c1-17-12-20(32-21-14-18(13-19(29)15-21)23-4-2-3-5-25(23)37)6-7-22(17)27(38)34-35-28-31-16-24(30)26(33-28)36-8-10-39-11-9-36/h2-7,12-16,26,32,37H,8-11H2,1H3,(H,34,38)(H2,31,33,35). The van der Waals surface area contributed by atoms with E-state index in [1.54, 1.807) is 36.4 Å². The van der Waals surface area contributed by atoms with Gasteiger partial charge in [-0.2, -0.15) is 0 Å². The lowest BCUT2D eigenvalue weighted by Crippen LogP contribution is -2.51. The highest BCUT2D eigenvalue weighted by Crippen LogP contribution is 2.34. The van der Waals surface area contributed by atoms with E-state index < -0.39 is 12.0 Å². The Morgan fingerprint density at radius 2 is 1.92 bits per heavy atom. The second-order valence-corrected chi connectivity index (χ2v) is 9.59. The largest absolute Gasteiger partial charge is 0.507 e. The van der Waals surface area contributed by atoms with Gasteiger partial charge in [-0.1, -0.05) is 29.8 Å². The number of carbonyl (C=O) groups excluding carboxylic acids is 1. The first-order chi connectivity index (χ1) is 18.9. The summed E-state index contributed by atoms with van der Waals surface area (Å²) in [4.78, 5) is 19.1. The fourth-order valence-electron chi connectivity index (χ4n) is 4.46. The number of hydrazine groups is 1. The van der Waals surface area contributed by atoms with Crippen molar-refractivity contribution in [2.45, 2.75) is 13.1 Å². The maximum Gasteiger partial charge on any atom is 0.269 e. The van der Waals surface area contributed by atoms with Crippen molar-refractivity contribution in [3.05, 3.63) is 88.8 Å². The van der Waals surface area contributed by atoms with Crippen LogP contribution in [0.2, 0.25) is 5.02 Å². The highest BCUT2D eigenvalue weighted by atomic mass is 35.5. The number of benzene rings is 3. The van der Waals surface area contributed by atoms with Gasteiger partial charge in [0.15, 0.2) is 12.0 Å². The average Bonchev–Trinajstić information content (AvgIpc) is 2.93. The molecule has 11 heteroatoms. The van der Waals surface area contributed by atoms with Crippen LogP contribution in [0.15, 0.2) is 77.7 Å². The van der Waals surface area contributed by atoms with Crippen LogP contribution in [-0.4, -0.2) is 54.3 Å². The van der Waals surface area contributed by atoms with Crippen molar-refractivity contribution in [1.82, 2.24) is 21.1 Å². The Kier molecular flexibility index (Phi) is 7.97. The van der Waals surface area contributed by atoms with Gasteiger partial charge >= 0.3 is 0 Å². The molecule has 39 heavy (non-hydrogen) atoms. The molecule has 1 amide bonds. The van der Waals surface area contributed by atoms with E-state index in [0.29, 0.717) is 42.5 Å². The van der Waals surface area contributed by atoms with Crippen LogP contribution in [0.4, 0.5) is 15.8 Å². The number of hydrogen-bond acceptors (Lipinski definition) is 8. The second-order valence-electron chi connectivity index (χ2n) is 9.15. The summed E-state index contributed by atoms with van der Waals surface area (Å²) >= 11 is 6.35. The number of halogens is 2. The Bertz CT molecular complexity index is 1440. The number of aryl methyl sites for hydroxylation is 1. The minimum absolute atomic E-state index is 0.165. The van der Waals surface area contributed by atoms with Crippen LogP contribution in [-0.2, 0) is 4.74 Å². The normalized spacial score (nSPS) is 17.5. The second kappa shape index (κ2) is 11.7. The molecule has 1 saturated heterocycles. The number of aliphatic imine (C=N–C) groups is 1. The molecular formula is C28H28ClFN6O3. The van der Waals surface area contributed by atoms with Crippen LogP contribution < -0.4 is 21.5 Å². The summed E-state index contributed by atoms with van der Waals surface area (Å²) < 4.78 is 19.7. The summed E-state index contributed by atoms with van der Waals surface area (Å²) in [6.07, 6.45) is 0.466. The molecule has 0 radical (unpaired) electrons. The molecular weight excluding hydrogens is 523 g/mol. The van der Waals surface area contributed by atoms with E-state index in [-0.39, 0.29) is 17.6 Å². The van der Waals surface area contributed by atoms with Gasteiger partial charge in [0.05, 0.1) is 13.2 Å². The fraction of sp³-hybridized carbons (Fsp3) is 0.214. The van der Waals surface area contributed by atoms with Gasteiger partial charge in [0.1, 0.15) is 5.75 Å². The first kappa shape index (κ1) is 26.5. The molecule has 5 rings (SSSR count). The summed E-state index contributed by atoms with van der Waals surface area (Å²) in [6, 6.07) is 17.8. The van der Waals surface area contributed by atoms with Gasteiger partial charge in [-0.3, -0.25) is 20.5 Å². The molecule has 0 bridgehead atoms. The van der Waals surface area contributed by atoms with Crippen molar-refractivity contribution in [3.8, 4) is 16.9 Å². The Hall–Kier alpha value is -4.12. The lowest BCUT2D eigenvalue weighted by molar-refractivity contribution is 0.0208. The molecule has 0 aromatic heterocycles. The molecule has 9 nitrogen and oxygen atoms in total. The number of carbonyl (C=O) groups is 1. The quantitative estimate of drug-likeness (QED) is 0.299. The number of phenolic OH excluding ortho intramolecular Hbond substituents is 1. The predicted octanol–water partition coefficient (Wildman–Crippen LogP) is 4.43. The zero-order valence-corrected chi connectivity index (χ0v) is 21.9. The molecule has 1 fully saturated rings. The van der Waals surface area contributed by atoms with Crippen LogP contribution in [0.3, 0.4) is 0 Å². The molecule has 3 aromatic carbocycles. The molecule has 0 spiro atoms. The highest BCUT2D eigenvalue weighted by molar-refractivity contribution is 6.31. The molecule has 2 heterocycles. The third-order valence-corrected chi connectivity index (χ3v) is 6.62. The third-order valence-electron chi connectivity index (χ3n) is 6.40. The maximum absolute atomic E-state index is 14.3. The van der Waals surface area contributed by atoms with E-state index >= 15 is 0 Å². The van der Waals surface area contributed by atoms with Gasteiger partial charge in [-0.15, -0.1) is 0 Å². The summed E-state index contributed by atoms with van der Waals surface area (Å²) in [5.41, 5.74) is 9.48. The number of nitrogens with zero attached hydrogens (tertiary/aromatic N) is 2. The van der Waals surface area contributed by atoms with E-state index in [2.05, 4.69) is 26.5 Å². The predicted molar refractivity (Wildman–Crippen MR) is 150 cm³/mol. The third kappa shape index (κ3) is 6.31. The van der Waals surface area contributed by atoms with Crippen LogP contribution in [0, 0.1) is 6.92 Å². The maximum atomic E-state index is 14.3. The van der Waals surface area contributed by atoms with Gasteiger partial charge in [0.25, 0.3) is 5.91 Å². The van der Waals surface area contributed by atoms with E-state index in [0.717, 1.165) is 22.5 Å². The van der Waals surface area contributed by atoms with Crippen molar-refractivity contribution >= 4 is 34.8 Å². The van der Waals surface area contributed by atoms with E-state index in [1.165, 1.54) is 6.20 Å². The van der Waals surface area contributed by atoms with Crippen molar-refractivity contribution in [2.75, 3.05) is 31.6 Å². The van der Waals surface area contributed by atoms with Crippen LogP contribution in [0.5, 0.6) is 5.75 Å². The van der Waals surface area contributed by atoms with Crippen molar-refractivity contribution in [2.24, 2.45) is 4.99 Å². The minimum atomic E-state index is -0.764. The summed E-state index contributed by atoms with van der Waals surface area (Å²) in [5, 5.41) is 16.8. The first-order valence-electron chi connectivity index (χ1n) is 12.4. The molecule has 5 N–H and O–H groups in total. The summed E-state index contributed by atoms with van der Waals surface area (Å²) in [5.74, 6) is -0.373. The zero-order valence-electron chi connectivity index (χ0n) is 21.2. The number of ether oxygens (including phenoxy) is 1. The van der Waals surface area contributed by atoms with Crippen LogP contribution in [0.25, 0.3) is 11.1 Å². The molecule has 2 aliphatic heterocycles. The topological polar surface area (TPSA) is 110 Å². The molecule has 2 aliphatic rings. The summed E-state index contributed by atoms with van der Waals surface area (Å²) in [6.45, 7) is 4.01. The van der Waals surface area contributed by atoms with Gasteiger partial charge in [-0.25, -0.2) is 9.38 Å². The Labute approximate surface area is 230 Å². The number of nitrogens with one attached hydrogen (secondary N) is 4. The van der Waals surface area contributed by atoms with Gasteiger partial charge in [0, 0.05) is 46.8 Å². The number of rotatable bonds is 5. The smallest absolute Gasteiger partial charge is 0.269 e. The first-order valence-corrected chi connectivity index (χ1v) is 12.8. The summed E-state index contributed by atoms with van der Waals surface area (Å²) in [7, 11) is 0. The lowest BCUT2D eigenvalue weighted by atomic mass is 10.0. The Balaban J connectivity index is 1.24. The fourth-order valence-corrected chi connectivity index (χ4v) is 4.70. The molecule has 0 saturated carbocycles. The molecule has 202 valence electrons. The van der Waals surface area contributed by atoms with Crippen molar-refractivity contribution < 1.29 is 19.0 Å². The number of para-hydroxylation sites is 1. The van der Waals surface area contributed by atoms with Gasteiger partial charge in [-0.05, 0) is 60.5 Å². The van der Waals surface area contributed by atoms with E-state index in [4.69, 9.17) is 16.3 Å². The molecule has 0 aliphatic carbocycles.